The molecule has 2 atom stereocenters. The molecule has 182 valence electrons. The first kappa shape index (κ1) is 24.3. The number of halogens is 1. The zero-order valence-corrected chi connectivity index (χ0v) is 20.1. The molecule has 0 saturated carbocycles. The number of nitrogens with zero attached hydrogens (tertiary/aromatic N) is 1. The Kier molecular flexibility index (Phi) is 7.34. The lowest BCUT2D eigenvalue weighted by Crippen LogP contribution is -2.35. The van der Waals surface area contributed by atoms with Crippen molar-refractivity contribution in [3.63, 3.8) is 0 Å². The van der Waals surface area contributed by atoms with E-state index in [0.29, 0.717) is 23.6 Å². The molecule has 0 spiro atoms. The van der Waals surface area contributed by atoms with Crippen LogP contribution in [0.3, 0.4) is 0 Å². The molecule has 2 unspecified atom stereocenters. The molecule has 1 heterocycles. The summed E-state index contributed by atoms with van der Waals surface area (Å²) < 4.78 is 24.3. The molecule has 1 saturated heterocycles. The van der Waals surface area contributed by atoms with Gasteiger partial charge in [-0.05, 0) is 54.4 Å². The maximum atomic E-state index is 13.4. The fraction of sp³-hybridized carbons (Fsp3) is 0.286. The largest absolute Gasteiger partial charge is 0.497 e. The number of carbonyl (C=O) groups excluding carboxylic acids is 2. The molecule has 3 aromatic rings. The fourth-order valence-electron chi connectivity index (χ4n) is 4.59. The second-order valence-corrected chi connectivity index (χ2v) is 8.69. The third kappa shape index (κ3) is 5.29. The first-order valence-corrected chi connectivity index (χ1v) is 11.5. The normalized spacial score (nSPS) is 17.2. The van der Waals surface area contributed by atoms with Crippen molar-refractivity contribution in [1.29, 1.82) is 0 Å². The number of hydrogen-bond donors (Lipinski definition) is 1. The van der Waals surface area contributed by atoms with Crippen molar-refractivity contribution in [2.45, 2.75) is 19.4 Å². The van der Waals surface area contributed by atoms with Gasteiger partial charge in [0.2, 0.25) is 5.91 Å². The summed E-state index contributed by atoms with van der Waals surface area (Å²) in [6.07, 6.45) is 0. The van der Waals surface area contributed by atoms with Gasteiger partial charge >= 0.3 is 0 Å². The van der Waals surface area contributed by atoms with Crippen LogP contribution in [0, 0.1) is 18.7 Å². The third-order valence-electron chi connectivity index (χ3n) is 6.54. The van der Waals surface area contributed by atoms with Crippen molar-refractivity contribution in [3.8, 4) is 11.5 Å². The van der Waals surface area contributed by atoms with Gasteiger partial charge in [-0.3, -0.25) is 9.59 Å². The summed E-state index contributed by atoms with van der Waals surface area (Å²) in [7, 11) is 3.17. The summed E-state index contributed by atoms with van der Waals surface area (Å²) in [5.74, 6) is -0.113. The fourth-order valence-corrected chi connectivity index (χ4v) is 4.59. The molecule has 1 fully saturated rings. The van der Waals surface area contributed by atoms with E-state index in [1.165, 1.54) is 12.1 Å². The van der Waals surface area contributed by atoms with Gasteiger partial charge in [-0.15, -0.1) is 0 Å². The predicted octanol–water partition coefficient (Wildman–Crippen LogP) is 4.32. The zero-order chi connectivity index (χ0) is 24.9. The van der Waals surface area contributed by atoms with Gasteiger partial charge in [-0.1, -0.05) is 30.3 Å². The van der Waals surface area contributed by atoms with Crippen molar-refractivity contribution in [1.82, 2.24) is 10.2 Å². The lowest BCUT2D eigenvalue weighted by Gasteiger charge is -2.21. The maximum Gasteiger partial charge on any atom is 0.254 e. The first-order valence-electron chi connectivity index (χ1n) is 11.5. The Bertz CT molecular complexity index is 1210. The second kappa shape index (κ2) is 10.6. The number of amides is 2. The number of likely N-dealkylation sites (tertiary alicyclic amines) is 1. The average molecular weight is 477 g/mol. The first-order chi connectivity index (χ1) is 16.9. The highest BCUT2D eigenvalue weighted by Crippen LogP contribution is 2.40. The number of ether oxygens (including phenoxy) is 2. The highest BCUT2D eigenvalue weighted by atomic mass is 19.1. The Balaban J connectivity index is 1.63. The van der Waals surface area contributed by atoms with E-state index >= 15 is 0 Å². The molecule has 0 aliphatic carbocycles. The van der Waals surface area contributed by atoms with Crippen LogP contribution in [-0.4, -0.2) is 44.0 Å². The van der Waals surface area contributed by atoms with Crippen molar-refractivity contribution in [3.05, 3.63) is 94.8 Å². The van der Waals surface area contributed by atoms with E-state index in [0.717, 1.165) is 16.7 Å². The van der Waals surface area contributed by atoms with Crippen molar-refractivity contribution < 1.29 is 23.5 Å². The zero-order valence-electron chi connectivity index (χ0n) is 20.1. The Labute approximate surface area is 204 Å². The molecule has 1 aliphatic heterocycles. The van der Waals surface area contributed by atoms with Crippen LogP contribution in [-0.2, 0) is 11.3 Å². The number of nitrogens with one attached hydrogen (secondary N) is 1. The van der Waals surface area contributed by atoms with E-state index in [1.807, 2.05) is 37.3 Å². The highest BCUT2D eigenvalue weighted by molar-refractivity contribution is 5.96. The third-order valence-corrected chi connectivity index (χ3v) is 6.54. The van der Waals surface area contributed by atoms with Crippen LogP contribution in [0.4, 0.5) is 4.39 Å². The number of benzene rings is 3. The number of aryl methyl sites for hydroxylation is 1. The van der Waals surface area contributed by atoms with Gasteiger partial charge in [-0.2, -0.15) is 0 Å². The summed E-state index contributed by atoms with van der Waals surface area (Å²) >= 11 is 0. The van der Waals surface area contributed by atoms with E-state index in [9.17, 15) is 14.0 Å². The number of methoxy groups -OCH3 is 2. The summed E-state index contributed by atoms with van der Waals surface area (Å²) in [6.45, 7) is 2.81. The van der Waals surface area contributed by atoms with E-state index in [-0.39, 0.29) is 36.6 Å². The summed E-state index contributed by atoms with van der Waals surface area (Å²) in [6, 6.07) is 18.9. The molecule has 4 rings (SSSR count). The van der Waals surface area contributed by atoms with Crippen LogP contribution in [0.1, 0.15) is 33.0 Å². The van der Waals surface area contributed by atoms with Gasteiger partial charge in [0.1, 0.15) is 17.3 Å². The maximum absolute atomic E-state index is 13.4. The lowest BCUT2D eigenvalue weighted by atomic mass is 9.87. The van der Waals surface area contributed by atoms with E-state index < -0.39 is 5.92 Å². The van der Waals surface area contributed by atoms with Crippen LogP contribution in [0.25, 0.3) is 0 Å². The van der Waals surface area contributed by atoms with E-state index in [2.05, 4.69) is 5.32 Å². The Hall–Kier alpha value is -3.87. The number of carbonyl (C=O) groups is 2. The standard InChI is InChI=1S/C28H29FN2O4/c1-18-6-4-5-7-22(18)28(33)31-16-24(23-14-21(34-2)12-13-26(23)35-3)25(17-31)27(32)30-15-19-8-10-20(29)11-9-19/h4-14,24-25H,15-17H2,1-3H3,(H,30,32). The predicted molar refractivity (Wildman–Crippen MR) is 131 cm³/mol. The smallest absolute Gasteiger partial charge is 0.254 e. The van der Waals surface area contributed by atoms with Crippen molar-refractivity contribution >= 4 is 11.8 Å². The number of hydrogen-bond acceptors (Lipinski definition) is 4. The molecule has 1 N–H and O–H groups in total. The molecule has 3 aromatic carbocycles. The van der Waals surface area contributed by atoms with Gasteiger partial charge in [0.25, 0.3) is 5.91 Å². The topological polar surface area (TPSA) is 67.9 Å². The minimum absolute atomic E-state index is 0.108. The van der Waals surface area contributed by atoms with Crippen LogP contribution >= 0.6 is 0 Å². The summed E-state index contributed by atoms with van der Waals surface area (Å²) in [5, 5.41) is 2.97. The average Bonchev–Trinajstić information content (AvgIpc) is 3.33. The molecule has 0 radical (unpaired) electrons. The molecular weight excluding hydrogens is 447 g/mol. The van der Waals surface area contributed by atoms with Gasteiger partial charge in [0, 0.05) is 36.7 Å². The Morgan fingerprint density at radius 3 is 2.43 bits per heavy atom. The molecule has 35 heavy (non-hydrogen) atoms. The molecule has 0 bridgehead atoms. The highest BCUT2D eigenvalue weighted by Gasteiger charge is 2.42. The van der Waals surface area contributed by atoms with Gasteiger partial charge in [0.05, 0.1) is 20.1 Å². The number of rotatable bonds is 7. The van der Waals surface area contributed by atoms with Gasteiger partial charge in [-0.25, -0.2) is 4.39 Å². The molecule has 2 amide bonds. The van der Waals surface area contributed by atoms with Crippen LogP contribution in [0.5, 0.6) is 11.5 Å². The molecule has 0 aromatic heterocycles. The minimum atomic E-state index is -0.496. The summed E-state index contributed by atoms with van der Waals surface area (Å²) in [4.78, 5) is 28.5. The quantitative estimate of drug-likeness (QED) is 0.552. The Morgan fingerprint density at radius 2 is 1.74 bits per heavy atom. The van der Waals surface area contributed by atoms with Crippen molar-refractivity contribution in [2.75, 3.05) is 27.3 Å². The van der Waals surface area contributed by atoms with Crippen LogP contribution in [0.2, 0.25) is 0 Å². The molecular formula is C28H29FN2O4. The van der Waals surface area contributed by atoms with Crippen molar-refractivity contribution in [2.24, 2.45) is 5.92 Å². The van der Waals surface area contributed by atoms with E-state index in [4.69, 9.17) is 9.47 Å². The molecule has 7 heteroatoms. The van der Waals surface area contributed by atoms with E-state index in [1.54, 1.807) is 43.4 Å². The molecule has 1 aliphatic rings. The molecule has 6 nitrogen and oxygen atoms in total. The minimum Gasteiger partial charge on any atom is -0.497 e. The summed E-state index contributed by atoms with van der Waals surface area (Å²) in [5.41, 5.74) is 3.11. The Morgan fingerprint density at radius 1 is 1.00 bits per heavy atom. The van der Waals surface area contributed by atoms with Crippen LogP contribution < -0.4 is 14.8 Å². The van der Waals surface area contributed by atoms with Gasteiger partial charge < -0.3 is 19.7 Å². The monoisotopic (exact) mass is 476 g/mol. The SMILES string of the molecule is COc1ccc(OC)c(C2CN(C(=O)c3ccccc3C)CC2C(=O)NCc2ccc(F)cc2)c1. The van der Waals surface area contributed by atoms with Gasteiger partial charge in [0.15, 0.2) is 0 Å². The second-order valence-electron chi connectivity index (χ2n) is 8.69. The van der Waals surface area contributed by atoms with Crippen LogP contribution in [0.15, 0.2) is 66.7 Å². The lowest BCUT2D eigenvalue weighted by molar-refractivity contribution is -0.125.